The maximum Gasteiger partial charge on any atom is 0.117 e. The zero-order valence-electron chi connectivity index (χ0n) is 26.4. The maximum atomic E-state index is 5.49. The number of pyridine rings is 1. The Morgan fingerprint density at radius 1 is 0.532 bits per heavy atom. The van der Waals surface area contributed by atoms with E-state index >= 15 is 0 Å². The van der Waals surface area contributed by atoms with Crippen LogP contribution in [0.5, 0.6) is 0 Å². The van der Waals surface area contributed by atoms with E-state index in [1.54, 1.807) is 0 Å². The van der Waals surface area contributed by atoms with Gasteiger partial charge in [-0.1, -0.05) is 147 Å². The summed E-state index contributed by atoms with van der Waals surface area (Å²) in [4.78, 5) is 2.42. The number of fused-ring (bicyclic) bond motifs is 6. The molecule has 0 bridgehead atoms. The standard InChI is InChI=1S/C44H33N3/c1-44(2)38-25-15-14-24-36(38)37-27-26-34(29-39(37)44)46(33-21-10-5-11-22-33)43-41(31-18-8-4-9-19-31)45-47-40(30-16-6-3-7-17-30)28-32-20-12-13-23-35(32)42(43)47/h3-29H,1-2H3. The zero-order chi connectivity index (χ0) is 31.5. The van der Waals surface area contributed by atoms with Gasteiger partial charge in [-0.25, -0.2) is 4.52 Å². The summed E-state index contributed by atoms with van der Waals surface area (Å²) in [6.45, 7) is 4.69. The highest BCUT2D eigenvalue weighted by molar-refractivity contribution is 6.10. The molecule has 8 aromatic rings. The van der Waals surface area contributed by atoms with Gasteiger partial charge in [0.05, 0.1) is 11.2 Å². The van der Waals surface area contributed by atoms with Crippen LogP contribution in [0.3, 0.4) is 0 Å². The van der Waals surface area contributed by atoms with Crippen LogP contribution in [-0.4, -0.2) is 9.61 Å². The number of para-hydroxylation sites is 1. The summed E-state index contributed by atoms with van der Waals surface area (Å²) in [5.74, 6) is 0. The first-order valence-corrected chi connectivity index (χ1v) is 16.2. The Kier molecular flexibility index (Phi) is 6.16. The Labute approximate surface area is 275 Å². The van der Waals surface area contributed by atoms with Crippen molar-refractivity contribution in [2.75, 3.05) is 4.90 Å². The monoisotopic (exact) mass is 603 g/mol. The van der Waals surface area contributed by atoms with Gasteiger partial charge in [0.15, 0.2) is 0 Å². The third kappa shape index (κ3) is 4.24. The van der Waals surface area contributed by atoms with Crippen molar-refractivity contribution in [2.45, 2.75) is 19.3 Å². The molecule has 0 unspecified atom stereocenters. The average Bonchev–Trinajstić information content (AvgIpc) is 3.63. The summed E-state index contributed by atoms with van der Waals surface area (Å²) in [6.07, 6.45) is 0. The largest absolute Gasteiger partial charge is 0.306 e. The van der Waals surface area contributed by atoms with E-state index in [0.717, 1.165) is 50.5 Å². The minimum absolute atomic E-state index is 0.124. The second kappa shape index (κ2) is 10.6. The van der Waals surface area contributed by atoms with Gasteiger partial charge in [0.25, 0.3) is 0 Å². The number of aromatic nitrogens is 2. The summed E-state index contributed by atoms with van der Waals surface area (Å²) < 4.78 is 2.17. The molecule has 0 saturated carbocycles. The SMILES string of the molecule is CC1(C)c2ccccc2-c2ccc(N(c3ccccc3)c3c(-c4ccccc4)nn4c(-c5ccccc5)cc5ccccc5c34)cc21. The Bertz CT molecular complexity index is 2420. The van der Waals surface area contributed by atoms with Crippen molar-refractivity contribution in [3.8, 4) is 33.6 Å². The lowest BCUT2D eigenvalue weighted by Crippen LogP contribution is -2.16. The normalized spacial score (nSPS) is 13.1. The third-order valence-corrected chi connectivity index (χ3v) is 9.78. The van der Waals surface area contributed by atoms with Gasteiger partial charge in [0.1, 0.15) is 11.4 Å². The van der Waals surface area contributed by atoms with Crippen LogP contribution in [0.1, 0.15) is 25.0 Å². The van der Waals surface area contributed by atoms with Gasteiger partial charge in [0.2, 0.25) is 0 Å². The molecule has 3 heteroatoms. The molecule has 224 valence electrons. The Morgan fingerprint density at radius 2 is 1.15 bits per heavy atom. The predicted octanol–water partition coefficient (Wildman–Crippen LogP) is 11.6. The fraction of sp³-hybridized carbons (Fsp3) is 0.0682. The first kappa shape index (κ1) is 27.4. The van der Waals surface area contributed by atoms with Crippen LogP contribution in [0.15, 0.2) is 164 Å². The van der Waals surface area contributed by atoms with Crippen molar-refractivity contribution in [1.29, 1.82) is 0 Å². The van der Waals surface area contributed by atoms with E-state index in [1.165, 1.54) is 27.6 Å². The Hall–Kier alpha value is -5.93. The van der Waals surface area contributed by atoms with Crippen LogP contribution in [-0.2, 0) is 5.41 Å². The van der Waals surface area contributed by atoms with Gasteiger partial charge in [-0.3, -0.25) is 0 Å². The van der Waals surface area contributed by atoms with E-state index < -0.39 is 0 Å². The van der Waals surface area contributed by atoms with Gasteiger partial charge in [-0.15, -0.1) is 0 Å². The number of rotatable bonds is 5. The van der Waals surface area contributed by atoms with Crippen molar-refractivity contribution >= 4 is 33.4 Å². The average molecular weight is 604 g/mol. The van der Waals surface area contributed by atoms with Crippen molar-refractivity contribution in [3.63, 3.8) is 0 Å². The first-order valence-electron chi connectivity index (χ1n) is 16.2. The topological polar surface area (TPSA) is 20.5 Å². The highest BCUT2D eigenvalue weighted by atomic mass is 15.3. The molecule has 3 nitrogen and oxygen atoms in total. The second-order valence-electron chi connectivity index (χ2n) is 12.9. The molecule has 1 aliphatic rings. The molecule has 9 rings (SSSR count). The van der Waals surface area contributed by atoms with Gasteiger partial charge in [0, 0.05) is 33.3 Å². The molecule has 0 fully saturated rings. The van der Waals surface area contributed by atoms with Crippen molar-refractivity contribution in [1.82, 2.24) is 9.61 Å². The molecule has 0 radical (unpaired) electrons. The highest BCUT2D eigenvalue weighted by Gasteiger charge is 2.36. The molecule has 0 saturated heterocycles. The van der Waals surface area contributed by atoms with Crippen LogP contribution in [0.25, 0.3) is 49.9 Å². The van der Waals surface area contributed by atoms with Crippen LogP contribution < -0.4 is 4.90 Å². The fourth-order valence-electron chi connectivity index (χ4n) is 7.51. The van der Waals surface area contributed by atoms with E-state index in [-0.39, 0.29) is 5.41 Å². The van der Waals surface area contributed by atoms with Crippen LogP contribution in [0.4, 0.5) is 17.1 Å². The summed E-state index contributed by atoms with van der Waals surface area (Å²) in [5.41, 5.74) is 13.7. The predicted molar refractivity (Wildman–Crippen MR) is 196 cm³/mol. The molecule has 0 aliphatic heterocycles. The number of hydrogen-bond acceptors (Lipinski definition) is 2. The van der Waals surface area contributed by atoms with Crippen LogP contribution in [0.2, 0.25) is 0 Å². The van der Waals surface area contributed by atoms with Crippen LogP contribution >= 0.6 is 0 Å². The van der Waals surface area contributed by atoms with E-state index in [1.807, 2.05) is 0 Å². The van der Waals surface area contributed by atoms with E-state index in [4.69, 9.17) is 5.10 Å². The number of benzene rings is 6. The molecule has 0 amide bonds. The van der Waals surface area contributed by atoms with Gasteiger partial charge < -0.3 is 4.90 Å². The molecule has 2 aromatic heterocycles. The smallest absolute Gasteiger partial charge is 0.117 e. The second-order valence-corrected chi connectivity index (χ2v) is 12.9. The Balaban J connectivity index is 1.41. The van der Waals surface area contributed by atoms with Crippen molar-refractivity contribution < 1.29 is 0 Å². The first-order chi connectivity index (χ1) is 23.1. The molecule has 0 N–H and O–H groups in total. The summed E-state index contributed by atoms with van der Waals surface area (Å²) >= 11 is 0. The lowest BCUT2D eigenvalue weighted by Gasteiger charge is -2.28. The summed E-state index contributed by atoms with van der Waals surface area (Å²) in [7, 11) is 0. The lowest BCUT2D eigenvalue weighted by molar-refractivity contribution is 0.660. The summed E-state index contributed by atoms with van der Waals surface area (Å²) in [5, 5.41) is 7.83. The molecular weight excluding hydrogens is 571 g/mol. The number of anilines is 3. The molecule has 0 spiro atoms. The minimum atomic E-state index is -0.124. The number of nitrogens with zero attached hydrogens (tertiary/aromatic N) is 3. The van der Waals surface area contributed by atoms with E-state index in [2.05, 4.69) is 187 Å². The van der Waals surface area contributed by atoms with Crippen LogP contribution in [0, 0.1) is 0 Å². The quantitative estimate of drug-likeness (QED) is 0.195. The maximum absolute atomic E-state index is 5.49. The number of hydrogen-bond donors (Lipinski definition) is 0. The fourth-order valence-corrected chi connectivity index (χ4v) is 7.51. The molecule has 2 heterocycles. The van der Waals surface area contributed by atoms with Crippen molar-refractivity contribution in [2.24, 2.45) is 0 Å². The van der Waals surface area contributed by atoms with Gasteiger partial charge in [-0.05, 0) is 58.0 Å². The van der Waals surface area contributed by atoms with Gasteiger partial charge >= 0.3 is 0 Å². The molecule has 47 heavy (non-hydrogen) atoms. The van der Waals surface area contributed by atoms with E-state index in [9.17, 15) is 0 Å². The van der Waals surface area contributed by atoms with Gasteiger partial charge in [-0.2, -0.15) is 5.10 Å². The van der Waals surface area contributed by atoms with E-state index in [0.29, 0.717) is 0 Å². The summed E-state index contributed by atoms with van der Waals surface area (Å²) in [6, 6.07) is 58.7. The molecule has 1 aliphatic carbocycles. The highest BCUT2D eigenvalue weighted by Crippen LogP contribution is 2.52. The molecular formula is C44H33N3. The molecule has 6 aromatic carbocycles. The minimum Gasteiger partial charge on any atom is -0.306 e. The Morgan fingerprint density at radius 3 is 1.91 bits per heavy atom. The molecule has 0 atom stereocenters. The zero-order valence-corrected chi connectivity index (χ0v) is 26.4. The van der Waals surface area contributed by atoms with Crippen molar-refractivity contribution in [3.05, 3.63) is 175 Å². The third-order valence-electron chi connectivity index (χ3n) is 9.78. The lowest BCUT2D eigenvalue weighted by atomic mass is 9.82.